The van der Waals surface area contributed by atoms with Crippen molar-refractivity contribution >= 4 is 17.4 Å². The van der Waals surface area contributed by atoms with Gasteiger partial charge in [-0.2, -0.15) is 0 Å². The van der Waals surface area contributed by atoms with Crippen molar-refractivity contribution in [3.05, 3.63) is 34.3 Å². The fourth-order valence-corrected chi connectivity index (χ4v) is 3.83. The van der Waals surface area contributed by atoms with Crippen LogP contribution in [0.25, 0.3) is 0 Å². The number of aliphatic hydroxyl groups is 1. The number of piperidine rings is 1. The van der Waals surface area contributed by atoms with E-state index in [2.05, 4.69) is 10.1 Å². The first-order valence-corrected chi connectivity index (χ1v) is 7.66. The molecule has 0 aliphatic carbocycles. The number of halogens is 1. The van der Waals surface area contributed by atoms with E-state index in [0.717, 1.165) is 37.8 Å². The number of rotatable bonds is 3. The van der Waals surface area contributed by atoms with Crippen molar-refractivity contribution in [1.82, 2.24) is 4.90 Å². The molecule has 21 heavy (non-hydrogen) atoms. The summed E-state index contributed by atoms with van der Waals surface area (Å²) < 4.78 is 0. The van der Waals surface area contributed by atoms with E-state index in [1.807, 2.05) is 12.1 Å². The molecule has 0 aromatic heterocycles. The van der Waals surface area contributed by atoms with E-state index in [0.29, 0.717) is 22.7 Å². The molecule has 2 bridgehead atoms. The van der Waals surface area contributed by atoms with Crippen molar-refractivity contribution in [2.75, 3.05) is 0 Å². The lowest BCUT2D eigenvalue weighted by molar-refractivity contribution is 0.0310. The Morgan fingerprint density at radius 3 is 2.57 bits per heavy atom. The van der Waals surface area contributed by atoms with Gasteiger partial charge >= 0.3 is 0 Å². The zero-order chi connectivity index (χ0) is 15.0. The van der Waals surface area contributed by atoms with Gasteiger partial charge in [-0.1, -0.05) is 28.9 Å². The van der Waals surface area contributed by atoms with Crippen LogP contribution in [0.5, 0.6) is 0 Å². The molecule has 0 spiro atoms. The monoisotopic (exact) mass is 309 g/mol. The van der Waals surface area contributed by atoms with Gasteiger partial charge in [0.25, 0.3) is 0 Å². The highest BCUT2D eigenvalue weighted by atomic mass is 35.5. The first-order chi connectivity index (χ1) is 10.1. The summed E-state index contributed by atoms with van der Waals surface area (Å²) in [7, 11) is 0. The van der Waals surface area contributed by atoms with Gasteiger partial charge in [-0.25, -0.2) is 0 Å². The van der Waals surface area contributed by atoms with Crippen molar-refractivity contribution in [3.63, 3.8) is 0 Å². The third-order valence-electron chi connectivity index (χ3n) is 4.67. The molecular formula is C15H20ClN3O2. The van der Waals surface area contributed by atoms with Gasteiger partial charge in [-0.15, -0.1) is 0 Å². The molecule has 0 radical (unpaired) electrons. The Kier molecular flexibility index (Phi) is 4.06. The number of hydrogen-bond donors (Lipinski definition) is 3. The van der Waals surface area contributed by atoms with Crippen LogP contribution in [0, 0.1) is 0 Å². The van der Waals surface area contributed by atoms with E-state index in [4.69, 9.17) is 22.5 Å². The van der Waals surface area contributed by atoms with Crippen LogP contribution >= 0.6 is 11.6 Å². The molecule has 2 fully saturated rings. The molecule has 1 aromatic carbocycles. The maximum atomic E-state index is 9.85. The Bertz CT molecular complexity index is 550. The number of hydrogen-bond acceptors (Lipinski definition) is 4. The average Bonchev–Trinajstić information content (AvgIpc) is 2.70. The molecule has 2 aliphatic rings. The van der Waals surface area contributed by atoms with E-state index >= 15 is 0 Å². The maximum absolute atomic E-state index is 9.85. The lowest BCUT2D eigenvalue weighted by Crippen LogP contribution is -2.44. The van der Waals surface area contributed by atoms with Crippen LogP contribution < -0.4 is 5.73 Å². The van der Waals surface area contributed by atoms with Gasteiger partial charge in [0.2, 0.25) is 0 Å². The number of nitrogens with zero attached hydrogens (tertiary/aromatic N) is 2. The summed E-state index contributed by atoms with van der Waals surface area (Å²) in [6, 6.07) is 6.39. The van der Waals surface area contributed by atoms with Crippen LogP contribution in [-0.4, -0.2) is 39.2 Å². The van der Waals surface area contributed by atoms with Crippen LogP contribution in [0.4, 0.5) is 0 Å². The Balaban J connectivity index is 1.77. The van der Waals surface area contributed by atoms with Gasteiger partial charge in [0.05, 0.1) is 6.10 Å². The Labute approximate surface area is 129 Å². The van der Waals surface area contributed by atoms with Gasteiger partial charge in [0, 0.05) is 29.2 Å². The van der Waals surface area contributed by atoms with Gasteiger partial charge < -0.3 is 16.0 Å². The average molecular weight is 310 g/mol. The molecule has 2 saturated heterocycles. The summed E-state index contributed by atoms with van der Waals surface area (Å²) in [6.07, 6.45) is 3.87. The van der Waals surface area contributed by atoms with E-state index in [9.17, 15) is 5.11 Å². The summed E-state index contributed by atoms with van der Waals surface area (Å²) in [4.78, 5) is 2.46. The normalized spacial score (nSPS) is 29.8. The van der Waals surface area contributed by atoms with Gasteiger partial charge in [0.1, 0.15) is 0 Å². The van der Waals surface area contributed by atoms with E-state index in [1.54, 1.807) is 6.07 Å². The zero-order valence-electron chi connectivity index (χ0n) is 11.7. The molecule has 6 heteroatoms. The molecule has 2 atom stereocenters. The first-order valence-electron chi connectivity index (χ1n) is 7.28. The second-order valence-electron chi connectivity index (χ2n) is 5.97. The molecule has 2 aliphatic heterocycles. The number of benzene rings is 1. The molecule has 0 amide bonds. The van der Waals surface area contributed by atoms with Crippen molar-refractivity contribution in [2.45, 2.75) is 50.4 Å². The summed E-state index contributed by atoms with van der Waals surface area (Å²) in [5, 5.41) is 22.2. The zero-order valence-corrected chi connectivity index (χ0v) is 12.5. The molecule has 5 nitrogen and oxygen atoms in total. The second-order valence-corrected chi connectivity index (χ2v) is 6.38. The minimum Gasteiger partial charge on any atom is -0.409 e. The smallest absolute Gasteiger partial charge is 0.170 e. The van der Waals surface area contributed by atoms with Crippen LogP contribution in [0.15, 0.2) is 23.4 Å². The summed E-state index contributed by atoms with van der Waals surface area (Å²) >= 11 is 6.33. The highest BCUT2D eigenvalue weighted by molar-refractivity contribution is 6.31. The summed E-state index contributed by atoms with van der Waals surface area (Å²) in [6.45, 7) is 0.789. The van der Waals surface area contributed by atoms with E-state index < -0.39 is 0 Å². The number of oxime groups is 1. The fourth-order valence-electron chi connectivity index (χ4n) is 3.59. The van der Waals surface area contributed by atoms with Crippen LogP contribution in [-0.2, 0) is 6.54 Å². The van der Waals surface area contributed by atoms with Crippen molar-refractivity contribution in [2.24, 2.45) is 10.9 Å². The molecule has 114 valence electrons. The molecule has 3 rings (SSSR count). The van der Waals surface area contributed by atoms with Crippen molar-refractivity contribution in [3.8, 4) is 0 Å². The quantitative estimate of drug-likeness (QED) is 0.345. The van der Waals surface area contributed by atoms with Crippen LogP contribution in [0.2, 0.25) is 5.02 Å². The first kappa shape index (κ1) is 14.6. The largest absolute Gasteiger partial charge is 0.409 e. The molecule has 2 heterocycles. The lowest BCUT2D eigenvalue weighted by Gasteiger charge is -2.37. The highest BCUT2D eigenvalue weighted by Crippen LogP contribution is 2.37. The molecule has 1 aromatic rings. The van der Waals surface area contributed by atoms with Crippen molar-refractivity contribution in [1.29, 1.82) is 0 Å². The van der Waals surface area contributed by atoms with Crippen LogP contribution in [0.1, 0.15) is 36.8 Å². The predicted octanol–water partition coefficient (Wildman–Crippen LogP) is 1.92. The summed E-state index contributed by atoms with van der Waals surface area (Å²) in [5.41, 5.74) is 7.23. The molecular weight excluding hydrogens is 290 g/mol. The number of nitrogens with two attached hydrogens (primary N) is 1. The van der Waals surface area contributed by atoms with Gasteiger partial charge in [-0.05, 0) is 37.3 Å². The Hall–Kier alpha value is -1.30. The van der Waals surface area contributed by atoms with Crippen molar-refractivity contribution < 1.29 is 10.3 Å². The van der Waals surface area contributed by atoms with E-state index in [-0.39, 0.29) is 11.9 Å². The Morgan fingerprint density at radius 1 is 1.33 bits per heavy atom. The maximum Gasteiger partial charge on any atom is 0.170 e. The molecule has 2 unspecified atom stereocenters. The second kappa shape index (κ2) is 5.83. The highest BCUT2D eigenvalue weighted by Gasteiger charge is 2.40. The lowest BCUT2D eigenvalue weighted by atomic mass is 9.99. The minimum atomic E-state index is -0.155. The van der Waals surface area contributed by atoms with Crippen LogP contribution in [0.3, 0.4) is 0 Å². The standard InChI is InChI=1S/C15H20ClN3O2/c16-14-5-9(15(17)18-21)1-2-10(14)8-19-11-3-4-12(19)7-13(20)6-11/h1-2,5,11-13,20-21H,3-4,6-8H2,(H2,17,18). The number of aliphatic hydroxyl groups excluding tert-OH is 1. The molecule has 0 saturated carbocycles. The molecule has 4 N–H and O–H groups in total. The predicted molar refractivity (Wildman–Crippen MR) is 81.6 cm³/mol. The fraction of sp³-hybridized carbons (Fsp3) is 0.533. The SMILES string of the molecule is N/C(=N/O)c1ccc(CN2C3CCC2CC(O)C3)c(Cl)c1. The van der Waals surface area contributed by atoms with Gasteiger partial charge in [-0.3, -0.25) is 4.90 Å². The topological polar surface area (TPSA) is 82.1 Å². The number of amidine groups is 1. The number of fused-ring (bicyclic) bond motifs is 2. The summed E-state index contributed by atoms with van der Waals surface area (Å²) in [5.74, 6) is 0.0598. The van der Waals surface area contributed by atoms with Gasteiger partial charge in [0.15, 0.2) is 5.84 Å². The third-order valence-corrected chi connectivity index (χ3v) is 5.02. The minimum absolute atomic E-state index is 0.0598. The third kappa shape index (κ3) is 2.86. The Morgan fingerprint density at radius 2 is 2.00 bits per heavy atom. The van der Waals surface area contributed by atoms with E-state index in [1.165, 1.54) is 0 Å².